The Labute approximate surface area is 62.2 Å². The summed E-state index contributed by atoms with van der Waals surface area (Å²) in [5, 5.41) is 0.826. The largest absolute Gasteiger partial charge is 0.0862 e. The summed E-state index contributed by atoms with van der Waals surface area (Å²) in [5.41, 5.74) is 0. The molecule has 0 bridgehead atoms. The van der Waals surface area contributed by atoms with E-state index in [-0.39, 0.29) is 0 Å². The molecule has 0 aliphatic heterocycles. The Morgan fingerprint density at radius 3 is 2.33 bits per heavy atom. The van der Waals surface area contributed by atoms with Crippen molar-refractivity contribution in [3.05, 3.63) is 23.3 Å². The van der Waals surface area contributed by atoms with Crippen LogP contribution in [0.2, 0.25) is 0 Å². The van der Waals surface area contributed by atoms with Crippen LogP contribution in [0.1, 0.15) is 20.8 Å². The molecule has 0 aliphatic carbocycles. The third-order valence-electron chi connectivity index (χ3n) is 0.818. The molecule has 0 nitrogen and oxygen atoms in total. The maximum Gasteiger partial charge on any atom is 0.0365 e. The molecular weight excluding hydrogens is 132 g/mol. The molecule has 0 unspecified atom stereocenters. The summed E-state index contributed by atoms with van der Waals surface area (Å²) in [7, 11) is 0. The lowest BCUT2D eigenvalue weighted by Crippen LogP contribution is -1.77. The van der Waals surface area contributed by atoms with Gasteiger partial charge in [-0.15, -0.1) is 0 Å². The molecule has 0 atom stereocenters. The van der Waals surface area contributed by atoms with E-state index in [1.165, 1.54) is 0 Å². The van der Waals surface area contributed by atoms with Gasteiger partial charge in [0.25, 0.3) is 0 Å². The SMILES string of the molecule is CC=CC(Cl)=CC(C)C. The molecule has 1 heteroatoms. The van der Waals surface area contributed by atoms with Gasteiger partial charge in [-0.05, 0) is 18.9 Å². The Hall–Kier alpha value is -0.230. The van der Waals surface area contributed by atoms with Crippen LogP contribution in [0.3, 0.4) is 0 Å². The molecule has 0 aromatic rings. The van der Waals surface area contributed by atoms with E-state index >= 15 is 0 Å². The van der Waals surface area contributed by atoms with Crippen LogP contribution in [0.4, 0.5) is 0 Å². The zero-order valence-electron chi connectivity index (χ0n) is 6.19. The summed E-state index contributed by atoms with van der Waals surface area (Å²) in [6.07, 6.45) is 5.84. The van der Waals surface area contributed by atoms with Gasteiger partial charge >= 0.3 is 0 Å². The Bertz CT molecular complexity index is 121. The number of halogens is 1. The second-order valence-electron chi connectivity index (χ2n) is 2.30. The molecule has 0 aromatic carbocycles. The molecule has 0 spiro atoms. The summed E-state index contributed by atoms with van der Waals surface area (Å²) < 4.78 is 0. The van der Waals surface area contributed by atoms with E-state index in [2.05, 4.69) is 13.8 Å². The lowest BCUT2D eigenvalue weighted by atomic mass is 10.2. The standard InChI is InChI=1S/C8H13Cl/c1-4-5-8(9)6-7(2)3/h4-7H,1-3H3. The van der Waals surface area contributed by atoms with Crippen molar-refractivity contribution in [2.45, 2.75) is 20.8 Å². The normalized spacial score (nSPS) is 13.7. The molecular formula is C8H13Cl. The molecule has 0 saturated carbocycles. The van der Waals surface area contributed by atoms with Crippen molar-refractivity contribution in [2.75, 3.05) is 0 Å². The van der Waals surface area contributed by atoms with E-state index in [0.717, 1.165) is 5.03 Å². The van der Waals surface area contributed by atoms with Crippen LogP contribution < -0.4 is 0 Å². The fourth-order valence-corrected chi connectivity index (χ4v) is 0.911. The molecule has 0 heterocycles. The highest BCUT2D eigenvalue weighted by molar-refractivity contribution is 6.31. The molecule has 0 radical (unpaired) electrons. The second-order valence-corrected chi connectivity index (χ2v) is 2.73. The molecule has 0 fully saturated rings. The van der Waals surface area contributed by atoms with Crippen LogP contribution in [0, 0.1) is 5.92 Å². The number of allylic oxidation sites excluding steroid dienone is 4. The highest BCUT2D eigenvalue weighted by Crippen LogP contribution is 2.07. The lowest BCUT2D eigenvalue weighted by molar-refractivity contribution is 0.830. The number of rotatable bonds is 2. The van der Waals surface area contributed by atoms with E-state index in [1.54, 1.807) is 0 Å². The predicted octanol–water partition coefficient (Wildman–Crippen LogP) is 3.34. The maximum absolute atomic E-state index is 5.75. The fourth-order valence-electron chi connectivity index (χ4n) is 0.533. The summed E-state index contributed by atoms with van der Waals surface area (Å²) in [6, 6.07) is 0. The minimum absolute atomic E-state index is 0.536. The van der Waals surface area contributed by atoms with Crippen molar-refractivity contribution in [3.8, 4) is 0 Å². The third-order valence-corrected chi connectivity index (χ3v) is 1.07. The van der Waals surface area contributed by atoms with E-state index in [9.17, 15) is 0 Å². The topological polar surface area (TPSA) is 0 Å². The smallest absolute Gasteiger partial charge is 0.0365 e. The van der Waals surface area contributed by atoms with Gasteiger partial charge in [0.05, 0.1) is 0 Å². The van der Waals surface area contributed by atoms with Crippen LogP contribution in [0.15, 0.2) is 23.3 Å². The van der Waals surface area contributed by atoms with Gasteiger partial charge < -0.3 is 0 Å². The molecule has 52 valence electrons. The zero-order chi connectivity index (χ0) is 7.28. The summed E-state index contributed by atoms with van der Waals surface area (Å²) >= 11 is 5.75. The lowest BCUT2D eigenvalue weighted by Gasteiger charge is -1.93. The van der Waals surface area contributed by atoms with Crippen LogP contribution >= 0.6 is 11.6 Å². The first-order chi connectivity index (χ1) is 4.16. The van der Waals surface area contributed by atoms with Gasteiger partial charge in [-0.2, -0.15) is 0 Å². The van der Waals surface area contributed by atoms with Crippen molar-refractivity contribution in [1.82, 2.24) is 0 Å². The third kappa shape index (κ3) is 5.64. The Morgan fingerprint density at radius 2 is 2.00 bits per heavy atom. The zero-order valence-corrected chi connectivity index (χ0v) is 6.94. The van der Waals surface area contributed by atoms with Crippen molar-refractivity contribution < 1.29 is 0 Å². The van der Waals surface area contributed by atoms with Gasteiger partial charge in [-0.25, -0.2) is 0 Å². The number of hydrogen-bond donors (Lipinski definition) is 0. The van der Waals surface area contributed by atoms with E-state index in [1.807, 2.05) is 25.2 Å². The van der Waals surface area contributed by atoms with Crippen LogP contribution in [0.25, 0.3) is 0 Å². The molecule has 0 rings (SSSR count). The van der Waals surface area contributed by atoms with Crippen molar-refractivity contribution >= 4 is 11.6 Å². The molecule has 0 amide bonds. The average Bonchev–Trinajstić information content (AvgIpc) is 1.63. The van der Waals surface area contributed by atoms with Crippen LogP contribution in [-0.2, 0) is 0 Å². The quantitative estimate of drug-likeness (QED) is 0.522. The van der Waals surface area contributed by atoms with Gasteiger partial charge in [0.1, 0.15) is 0 Å². The van der Waals surface area contributed by atoms with Gasteiger partial charge in [0.2, 0.25) is 0 Å². The molecule has 0 saturated heterocycles. The van der Waals surface area contributed by atoms with E-state index in [4.69, 9.17) is 11.6 Å². The van der Waals surface area contributed by atoms with Crippen molar-refractivity contribution in [2.24, 2.45) is 5.92 Å². The van der Waals surface area contributed by atoms with E-state index in [0.29, 0.717) is 5.92 Å². The van der Waals surface area contributed by atoms with E-state index < -0.39 is 0 Å². The van der Waals surface area contributed by atoms with Crippen molar-refractivity contribution in [1.29, 1.82) is 0 Å². The Balaban J connectivity index is 3.84. The molecule has 0 N–H and O–H groups in total. The minimum Gasteiger partial charge on any atom is -0.0862 e. The highest BCUT2D eigenvalue weighted by atomic mass is 35.5. The van der Waals surface area contributed by atoms with Crippen LogP contribution in [0.5, 0.6) is 0 Å². The van der Waals surface area contributed by atoms with Crippen LogP contribution in [-0.4, -0.2) is 0 Å². The first-order valence-corrected chi connectivity index (χ1v) is 3.54. The fraction of sp³-hybridized carbons (Fsp3) is 0.500. The van der Waals surface area contributed by atoms with Crippen molar-refractivity contribution in [3.63, 3.8) is 0 Å². The first-order valence-electron chi connectivity index (χ1n) is 3.17. The monoisotopic (exact) mass is 144 g/mol. The molecule has 0 aliphatic rings. The summed E-state index contributed by atoms with van der Waals surface area (Å²) in [4.78, 5) is 0. The number of hydrogen-bond acceptors (Lipinski definition) is 0. The maximum atomic E-state index is 5.75. The molecule has 9 heavy (non-hydrogen) atoms. The highest BCUT2D eigenvalue weighted by Gasteiger charge is 1.87. The van der Waals surface area contributed by atoms with Gasteiger partial charge in [0.15, 0.2) is 0 Å². The molecule has 0 aromatic heterocycles. The second kappa shape index (κ2) is 4.63. The first kappa shape index (κ1) is 8.77. The minimum atomic E-state index is 0.536. The predicted molar refractivity (Wildman–Crippen MR) is 43.6 cm³/mol. The Kier molecular flexibility index (Phi) is 4.51. The van der Waals surface area contributed by atoms with Gasteiger partial charge in [0, 0.05) is 5.03 Å². The summed E-state index contributed by atoms with van der Waals surface area (Å²) in [5.74, 6) is 0.536. The summed E-state index contributed by atoms with van der Waals surface area (Å²) in [6.45, 7) is 6.16. The average molecular weight is 145 g/mol. The Morgan fingerprint density at radius 1 is 1.44 bits per heavy atom. The van der Waals surface area contributed by atoms with Gasteiger partial charge in [-0.1, -0.05) is 37.6 Å². The van der Waals surface area contributed by atoms with Gasteiger partial charge in [-0.3, -0.25) is 0 Å².